The number of aliphatic carboxylic acids is 2. The van der Waals surface area contributed by atoms with Gasteiger partial charge in [-0.05, 0) is 12.8 Å². The second kappa shape index (κ2) is 42.8. The summed E-state index contributed by atoms with van der Waals surface area (Å²) in [6.07, 6.45) is 28.8. The minimum Gasteiger partial charge on any atom is -0.368 e. The largest absolute Gasteiger partial charge is 0.668 e. The SMILES string of the molecule is CCCCCCCCCCCC(=O)O.CCCCCCCCCCCC(=O)O.CCC[CH2][Zn][CH2]CCC.O[Si](O)(O)O. The van der Waals surface area contributed by atoms with Gasteiger partial charge in [0.25, 0.3) is 0 Å². The van der Waals surface area contributed by atoms with Crippen molar-refractivity contribution < 1.29 is 56.1 Å². The number of hydrogen-bond acceptors (Lipinski definition) is 6. The molecule has 0 rings (SSSR count). The molecule has 0 aliphatic heterocycles. The molecule has 0 radical (unpaired) electrons. The summed E-state index contributed by atoms with van der Waals surface area (Å²) < 4.78 is 0. The van der Waals surface area contributed by atoms with Gasteiger partial charge in [-0.1, -0.05) is 117 Å². The smallest absolute Gasteiger partial charge is 0.368 e. The van der Waals surface area contributed by atoms with Crippen LogP contribution in [0, 0.1) is 0 Å². The van der Waals surface area contributed by atoms with E-state index in [-0.39, 0.29) is 17.1 Å². The molecule has 0 aromatic carbocycles. The van der Waals surface area contributed by atoms with E-state index >= 15 is 0 Å². The summed E-state index contributed by atoms with van der Waals surface area (Å²) in [5.41, 5.74) is 0. The fourth-order valence-electron chi connectivity index (χ4n) is 4.20. The van der Waals surface area contributed by atoms with Crippen molar-refractivity contribution in [3.8, 4) is 0 Å². The normalized spacial score (nSPS) is 10.3. The number of carboxylic acid groups (broad SMARTS) is 2. The fourth-order valence-corrected chi connectivity index (χ4v) is 8.53. The minimum atomic E-state index is -4.61. The Balaban J connectivity index is -0.000000243. The predicted molar refractivity (Wildman–Crippen MR) is 173 cm³/mol. The van der Waals surface area contributed by atoms with Crippen LogP contribution < -0.4 is 0 Å². The van der Waals surface area contributed by atoms with Crippen LogP contribution in [0.2, 0.25) is 10.0 Å². The molecule has 0 spiro atoms. The van der Waals surface area contributed by atoms with Gasteiger partial charge in [0.15, 0.2) is 0 Å². The van der Waals surface area contributed by atoms with Gasteiger partial charge in [-0.15, -0.1) is 0 Å². The summed E-state index contributed by atoms with van der Waals surface area (Å²) >= 11 is 0.0146. The molecule has 0 heterocycles. The molecule has 0 bridgehead atoms. The van der Waals surface area contributed by atoms with Gasteiger partial charge in [-0.25, -0.2) is 0 Å². The average molecular weight is 676 g/mol. The zero-order valence-corrected chi connectivity index (χ0v) is 32.1. The summed E-state index contributed by atoms with van der Waals surface area (Å²) in [6.45, 7) is 9.04. The van der Waals surface area contributed by atoms with E-state index in [1.807, 2.05) is 0 Å². The Morgan fingerprint density at radius 3 is 0.857 bits per heavy atom. The Hall–Kier alpha value is -0.380. The molecule has 0 amide bonds. The molecule has 0 saturated carbocycles. The summed E-state index contributed by atoms with van der Waals surface area (Å²) in [5, 5.41) is 20.1. The number of hydrogen-bond donors (Lipinski definition) is 6. The van der Waals surface area contributed by atoms with Crippen molar-refractivity contribution in [2.75, 3.05) is 0 Å². The van der Waals surface area contributed by atoms with E-state index in [1.54, 1.807) is 10.0 Å². The molecule has 0 saturated heterocycles. The minimum absolute atomic E-state index is 0.0146. The zero-order valence-electron chi connectivity index (χ0n) is 28.1. The van der Waals surface area contributed by atoms with Gasteiger partial charge in [0, 0.05) is 12.8 Å². The van der Waals surface area contributed by atoms with Gasteiger partial charge in [-0.3, -0.25) is 9.59 Å². The van der Waals surface area contributed by atoms with Crippen LogP contribution in [-0.4, -0.2) is 50.4 Å². The van der Waals surface area contributed by atoms with Crippen LogP contribution >= 0.6 is 0 Å². The molecule has 6 N–H and O–H groups in total. The molecule has 0 fully saturated rings. The standard InChI is InChI=1S/2C12H24O2.2C4H9.H4O4Si.Zn/c2*1-2-3-4-5-6-7-8-9-10-11-12(13)14;2*1-3-4-2;1-5(2,3)4;/h2*2-11H2,1H3,(H,13,14);2*1,3-4H2,2H3;1-4H;. The van der Waals surface area contributed by atoms with E-state index in [2.05, 4.69) is 27.7 Å². The van der Waals surface area contributed by atoms with E-state index in [0.29, 0.717) is 12.8 Å². The molecule has 252 valence electrons. The Morgan fingerprint density at radius 1 is 0.429 bits per heavy atom. The molecule has 0 aliphatic carbocycles. The molecule has 0 aliphatic rings. The first-order chi connectivity index (χ1) is 20.0. The van der Waals surface area contributed by atoms with Crippen LogP contribution in [0.15, 0.2) is 0 Å². The van der Waals surface area contributed by atoms with Crippen molar-refractivity contribution in [1.82, 2.24) is 0 Å². The third-order valence-electron chi connectivity index (χ3n) is 6.70. The van der Waals surface area contributed by atoms with E-state index in [4.69, 9.17) is 29.4 Å². The van der Waals surface area contributed by atoms with Gasteiger partial charge in [-0.2, -0.15) is 0 Å². The Kier molecular flexibility index (Phi) is 49.4. The summed E-state index contributed by atoms with van der Waals surface area (Å²) in [5.74, 6) is -1.32. The molecular weight excluding hydrogens is 606 g/mol. The van der Waals surface area contributed by atoms with E-state index < -0.39 is 21.0 Å². The third kappa shape index (κ3) is 77.5. The maximum absolute atomic E-state index is 10.2. The Morgan fingerprint density at radius 2 is 0.643 bits per heavy atom. The first-order valence-corrected chi connectivity index (χ1v) is 23.3. The second-order valence-electron chi connectivity index (χ2n) is 11.3. The van der Waals surface area contributed by atoms with Crippen LogP contribution in [0.3, 0.4) is 0 Å². The quantitative estimate of drug-likeness (QED) is 0.0392. The van der Waals surface area contributed by atoms with Crippen molar-refractivity contribution in [3.05, 3.63) is 0 Å². The van der Waals surface area contributed by atoms with Crippen molar-refractivity contribution in [2.24, 2.45) is 0 Å². The van der Waals surface area contributed by atoms with Crippen LogP contribution in [0.5, 0.6) is 0 Å². The van der Waals surface area contributed by atoms with E-state index in [0.717, 1.165) is 25.7 Å². The predicted octanol–water partition coefficient (Wildman–Crippen LogP) is 8.88. The molecule has 42 heavy (non-hydrogen) atoms. The average Bonchev–Trinajstić information content (AvgIpc) is 2.91. The summed E-state index contributed by atoms with van der Waals surface area (Å²) in [7, 11) is -4.61. The topological polar surface area (TPSA) is 156 Å². The number of rotatable bonds is 26. The molecule has 0 atom stereocenters. The molecular formula is C32H70O8SiZn. The molecule has 0 unspecified atom stereocenters. The van der Waals surface area contributed by atoms with Crippen molar-refractivity contribution in [2.45, 2.75) is 192 Å². The van der Waals surface area contributed by atoms with Crippen LogP contribution in [0.4, 0.5) is 0 Å². The first kappa shape index (κ1) is 48.5. The fraction of sp³-hybridized carbons (Fsp3) is 0.938. The Bertz CT molecular complexity index is 475. The maximum atomic E-state index is 10.2. The van der Waals surface area contributed by atoms with Crippen LogP contribution in [-0.2, 0) is 26.7 Å². The van der Waals surface area contributed by atoms with E-state index in [1.165, 1.54) is 116 Å². The van der Waals surface area contributed by atoms with Gasteiger partial charge in [0.2, 0.25) is 0 Å². The van der Waals surface area contributed by atoms with Gasteiger partial charge < -0.3 is 29.4 Å². The van der Waals surface area contributed by atoms with Crippen LogP contribution in [0.1, 0.15) is 182 Å². The van der Waals surface area contributed by atoms with Gasteiger partial charge in [0.1, 0.15) is 0 Å². The van der Waals surface area contributed by atoms with Gasteiger partial charge >= 0.3 is 87.7 Å². The number of unbranched alkanes of at least 4 members (excludes halogenated alkanes) is 18. The van der Waals surface area contributed by atoms with Crippen molar-refractivity contribution >= 4 is 21.0 Å². The molecule has 0 aromatic heterocycles. The molecule has 0 aromatic rings. The second-order valence-corrected chi connectivity index (χ2v) is 17.0. The third-order valence-corrected chi connectivity index (χ3v) is 10.9. The molecule has 10 heteroatoms. The summed E-state index contributed by atoms with van der Waals surface area (Å²) in [4.78, 5) is 49.7. The number of carboxylic acids is 2. The first-order valence-electron chi connectivity index (χ1n) is 17.3. The Labute approximate surface area is 268 Å². The van der Waals surface area contributed by atoms with Gasteiger partial charge in [0.05, 0.1) is 0 Å². The van der Waals surface area contributed by atoms with Crippen molar-refractivity contribution in [1.29, 1.82) is 0 Å². The number of carbonyl (C=O) groups is 2. The van der Waals surface area contributed by atoms with E-state index in [9.17, 15) is 9.59 Å². The van der Waals surface area contributed by atoms with Crippen LogP contribution in [0.25, 0.3) is 0 Å². The maximum Gasteiger partial charge on any atom is 0.668 e. The van der Waals surface area contributed by atoms with Crippen molar-refractivity contribution in [3.63, 3.8) is 0 Å². The summed E-state index contributed by atoms with van der Waals surface area (Å²) in [6, 6.07) is 0. The molecule has 8 nitrogen and oxygen atoms in total. The monoisotopic (exact) mass is 674 g/mol. The zero-order chi connectivity index (χ0) is 32.7.